The van der Waals surface area contributed by atoms with Gasteiger partial charge in [0, 0.05) is 25.2 Å². The molecule has 146 valence electrons. The van der Waals surface area contributed by atoms with Crippen LogP contribution in [0.3, 0.4) is 0 Å². The van der Waals surface area contributed by atoms with Crippen LogP contribution in [0.5, 0.6) is 0 Å². The molecular formula is C21H19N5O2S. The van der Waals surface area contributed by atoms with Gasteiger partial charge in [0.2, 0.25) is 0 Å². The smallest absolute Gasteiger partial charge is 0.269 e. The molecule has 1 amide bonds. The molecule has 0 spiro atoms. The largest absolute Gasteiger partial charge is 0.349 e. The average Bonchev–Trinajstić information content (AvgIpc) is 3.40. The normalized spacial score (nSPS) is 10.8. The predicted octanol–water partition coefficient (Wildman–Crippen LogP) is 2.80. The van der Waals surface area contributed by atoms with E-state index < -0.39 is 0 Å². The van der Waals surface area contributed by atoms with Crippen molar-refractivity contribution >= 4 is 17.2 Å². The first-order valence-corrected chi connectivity index (χ1v) is 9.99. The Balaban J connectivity index is 1.43. The van der Waals surface area contributed by atoms with Gasteiger partial charge in [-0.15, -0.1) is 11.3 Å². The van der Waals surface area contributed by atoms with Crippen LogP contribution in [0, 0.1) is 0 Å². The summed E-state index contributed by atoms with van der Waals surface area (Å²) in [6, 6.07) is 18.5. The number of nitrogens with one attached hydrogen (secondary N) is 1. The molecule has 0 aliphatic rings. The van der Waals surface area contributed by atoms with E-state index in [1.165, 1.54) is 10.7 Å². The molecule has 0 saturated carbocycles. The van der Waals surface area contributed by atoms with Crippen LogP contribution >= 0.6 is 11.3 Å². The van der Waals surface area contributed by atoms with E-state index in [1.54, 1.807) is 35.2 Å². The second kappa shape index (κ2) is 8.24. The highest BCUT2D eigenvalue weighted by Gasteiger charge is 2.14. The molecule has 8 heteroatoms. The molecular weight excluding hydrogens is 386 g/mol. The molecule has 4 aromatic rings. The zero-order chi connectivity index (χ0) is 20.2. The lowest BCUT2D eigenvalue weighted by Gasteiger charge is -2.08. The lowest BCUT2D eigenvalue weighted by atomic mass is 10.1. The average molecular weight is 405 g/mol. The number of aromatic nitrogens is 4. The lowest BCUT2D eigenvalue weighted by Crippen LogP contribution is -2.32. The van der Waals surface area contributed by atoms with Crippen LogP contribution in [0.25, 0.3) is 21.8 Å². The van der Waals surface area contributed by atoms with E-state index in [0.29, 0.717) is 5.69 Å². The minimum Gasteiger partial charge on any atom is -0.349 e. The molecule has 0 bridgehead atoms. The molecule has 0 unspecified atom stereocenters. The van der Waals surface area contributed by atoms with Crippen molar-refractivity contribution in [2.75, 3.05) is 6.54 Å². The van der Waals surface area contributed by atoms with Gasteiger partial charge in [-0.2, -0.15) is 10.2 Å². The molecule has 4 rings (SSSR count). The van der Waals surface area contributed by atoms with Crippen molar-refractivity contribution in [3.63, 3.8) is 0 Å². The van der Waals surface area contributed by atoms with Gasteiger partial charge in [0.05, 0.1) is 17.1 Å². The fraction of sp³-hybridized carbons (Fsp3) is 0.143. The third kappa shape index (κ3) is 4.17. The summed E-state index contributed by atoms with van der Waals surface area (Å²) in [5, 5.41) is 13.6. The van der Waals surface area contributed by atoms with Crippen LogP contribution in [0.15, 0.2) is 70.8 Å². The molecule has 1 N–H and O–H groups in total. The highest BCUT2D eigenvalue weighted by molar-refractivity contribution is 7.13. The zero-order valence-electron chi connectivity index (χ0n) is 15.8. The van der Waals surface area contributed by atoms with Gasteiger partial charge in [-0.3, -0.25) is 14.3 Å². The molecule has 0 radical (unpaired) electrons. The van der Waals surface area contributed by atoms with Gasteiger partial charge >= 0.3 is 0 Å². The van der Waals surface area contributed by atoms with Gasteiger partial charge in [0.1, 0.15) is 11.4 Å². The molecule has 29 heavy (non-hydrogen) atoms. The SMILES string of the molecule is Cn1nc(-c2ccccc2)cc1C(=O)NCCn1nc(-c2cccs2)ccc1=O. The molecule has 0 aliphatic heterocycles. The van der Waals surface area contributed by atoms with Crippen LogP contribution < -0.4 is 10.9 Å². The molecule has 1 aromatic carbocycles. The molecule has 7 nitrogen and oxygen atoms in total. The van der Waals surface area contributed by atoms with Crippen molar-refractivity contribution in [1.82, 2.24) is 24.9 Å². The fourth-order valence-corrected chi connectivity index (χ4v) is 3.65. The van der Waals surface area contributed by atoms with Gasteiger partial charge in [0.15, 0.2) is 0 Å². The summed E-state index contributed by atoms with van der Waals surface area (Å²) in [6.07, 6.45) is 0. The number of benzene rings is 1. The topological polar surface area (TPSA) is 81.8 Å². The van der Waals surface area contributed by atoms with Crippen LogP contribution in [0.1, 0.15) is 10.5 Å². The van der Waals surface area contributed by atoms with Crippen molar-refractivity contribution in [2.24, 2.45) is 7.05 Å². The predicted molar refractivity (Wildman–Crippen MR) is 113 cm³/mol. The molecule has 3 heterocycles. The summed E-state index contributed by atoms with van der Waals surface area (Å²) >= 11 is 1.56. The first kappa shape index (κ1) is 18.8. The maximum absolute atomic E-state index is 12.6. The van der Waals surface area contributed by atoms with Gasteiger partial charge in [0.25, 0.3) is 11.5 Å². The Morgan fingerprint density at radius 2 is 1.86 bits per heavy atom. The van der Waals surface area contributed by atoms with Crippen LogP contribution in [-0.2, 0) is 13.6 Å². The number of hydrogen-bond donors (Lipinski definition) is 1. The monoisotopic (exact) mass is 405 g/mol. The van der Waals surface area contributed by atoms with E-state index >= 15 is 0 Å². The molecule has 0 fully saturated rings. The molecule has 0 aliphatic carbocycles. The Morgan fingerprint density at radius 1 is 1.03 bits per heavy atom. The number of amides is 1. The van der Waals surface area contributed by atoms with Crippen LogP contribution in [0.2, 0.25) is 0 Å². The second-order valence-electron chi connectivity index (χ2n) is 6.42. The first-order valence-electron chi connectivity index (χ1n) is 9.11. The highest BCUT2D eigenvalue weighted by atomic mass is 32.1. The minimum atomic E-state index is -0.246. The lowest BCUT2D eigenvalue weighted by molar-refractivity contribution is 0.0942. The van der Waals surface area contributed by atoms with Gasteiger partial charge in [-0.1, -0.05) is 36.4 Å². The molecule has 3 aromatic heterocycles. The third-order valence-corrected chi connectivity index (χ3v) is 5.32. The summed E-state index contributed by atoms with van der Waals surface area (Å²) in [6.45, 7) is 0.568. The Bertz CT molecular complexity index is 1180. The van der Waals surface area contributed by atoms with Crippen molar-refractivity contribution < 1.29 is 4.79 Å². The summed E-state index contributed by atoms with van der Waals surface area (Å²) in [4.78, 5) is 25.6. The number of carbonyl (C=O) groups excluding carboxylic acids is 1. The first-order chi connectivity index (χ1) is 14.1. The van der Waals surface area contributed by atoms with Crippen molar-refractivity contribution in [1.29, 1.82) is 0 Å². The van der Waals surface area contributed by atoms with E-state index in [2.05, 4.69) is 15.5 Å². The van der Waals surface area contributed by atoms with Gasteiger partial charge in [-0.05, 0) is 23.6 Å². The Kier molecular flexibility index (Phi) is 5.35. The number of rotatable bonds is 6. The van der Waals surface area contributed by atoms with Gasteiger partial charge in [-0.25, -0.2) is 4.68 Å². The number of thiophene rings is 1. The van der Waals surface area contributed by atoms with Crippen LogP contribution in [-0.4, -0.2) is 32.0 Å². The Hall–Kier alpha value is -3.52. The van der Waals surface area contributed by atoms with Crippen molar-refractivity contribution in [3.8, 4) is 21.8 Å². The molecule has 0 saturated heterocycles. The standard InChI is InChI=1S/C21H19N5O2S/c1-25-18(14-17(23-25)15-6-3-2-4-7-15)21(28)22-11-12-26-20(27)10-9-16(24-26)19-8-5-13-29-19/h2-10,13-14H,11-12H2,1H3,(H,22,28). The maximum Gasteiger partial charge on any atom is 0.269 e. The zero-order valence-corrected chi connectivity index (χ0v) is 16.6. The fourth-order valence-electron chi connectivity index (χ4n) is 2.96. The number of nitrogens with zero attached hydrogens (tertiary/aromatic N) is 4. The second-order valence-corrected chi connectivity index (χ2v) is 7.37. The summed E-state index contributed by atoms with van der Waals surface area (Å²) in [7, 11) is 1.73. The quantitative estimate of drug-likeness (QED) is 0.535. The summed E-state index contributed by atoms with van der Waals surface area (Å²) in [5.41, 5.74) is 2.68. The van der Waals surface area contributed by atoms with E-state index in [0.717, 1.165) is 21.8 Å². The summed E-state index contributed by atoms with van der Waals surface area (Å²) < 4.78 is 2.92. The van der Waals surface area contributed by atoms with Crippen molar-refractivity contribution in [2.45, 2.75) is 6.54 Å². The highest BCUT2D eigenvalue weighted by Crippen LogP contribution is 2.21. The van der Waals surface area contributed by atoms with E-state index in [9.17, 15) is 9.59 Å². The third-order valence-electron chi connectivity index (χ3n) is 4.43. The maximum atomic E-state index is 12.6. The van der Waals surface area contributed by atoms with Crippen molar-refractivity contribution in [3.05, 3.63) is 82.1 Å². The van der Waals surface area contributed by atoms with E-state index in [-0.39, 0.29) is 24.6 Å². The minimum absolute atomic E-state index is 0.202. The number of hydrogen-bond acceptors (Lipinski definition) is 5. The summed E-state index contributed by atoms with van der Waals surface area (Å²) in [5.74, 6) is -0.246. The van der Waals surface area contributed by atoms with E-state index in [1.807, 2.05) is 47.8 Å². The number of carbonyl (C=O) groups is 1. The number of aryl methyl sites for hydroxylation is 1. The van der Waals surface area contributed by atoms with Crippen LogP contribution in [0.4, 0.5) is 0 Å². The Labute approximate surface area is 171 Å². The molecule has 0 atom stereocenters. The Morgan fingerprint density at radius 3 is 2.62 bits per heavy atom. The van der Waals surface area contributed by atoms with E-state index in [4.69, 9.17) is 0 Å². The van der Waals surface area contributed by atoms with Gasteiger partial charge < -0.3 is 5.32 Å².